The predicted molar refractivity (Wildman–Crippen MR) is 121 cm³/mol. The van der Waals surface area contributed by atoms with E-state index in [0.717, 1.165) is 13.0 Å². The Morgan fingerprint density at radius 3 is 2.21 bits per heavy atom. The van der Waals surface area contributed by atoms with Crippen molar-refractivity contribution in [2.24, 2.45) is 0 Å². The standard InChI is InChI=1S/C11H12N3O.3C4H9.Sn/c1-2-6-15-11(3-1)14-10-8-12-5-4-9(10)7-13-14;3*1-3-4-2;/h5,7-8,11H,1-3,6H2;3*1,3-4H2,2H3;. The minimum atomic E-state index is -2.53. The van der Waals surface area contributed by atoms with E-state index >= 15 is 0 Å². The van der Waals surface area contributed by atoms with Gasteiger partial charge in [0.1, 0.15) is 0 Å². The summed E-state index contributed by atoms with van der Waals surface area (Å²) in [4.78, 5) is 4.77. The van der Waals surface area contributed by atoms with Crippen LogP contribution in [-0.4, -0.2) is 39.7 Å². The van der Waals surface area contributed by atoms with Crippen LogP contribution in [0.15, 0.2) is 18.6 Å². The van der Waals surface area contributed by atoms with E-state index in [-0.39, 0.29) is 6.23 Å². The second-order valence-electron chi connectivity index (χ2n) is 8.62. The Morgan fingerprint density at radius 2 is 1.64 bits per heavy atom. The Labute approximate surface area is 175 Å². The topological polar surface area (TPSA) is 39.9 Å². The summed E-state index contributed by atoms with van der Waals surface area (Å²) in [5, 5.41) is 6.21. The third-order valence-corrected chi connectivity index (χ3v) is 22.2. The van der Waals surface area contributed by atoms with Gasteiger partial charge in [-0.1, -0.05) is 0 Å². The molecule has 3 rings (SSSR count). The minimum absolute atomic E-state index is 0.0924. The van der Waals surface area contributed by atoms with E-state index in [9.17, 15) is 0 Å². The third-order valence-electron chi connectivity index (χ3n) is 6.55. The van der Waals surface area contributed by atoms with Crippen molar-refractivity contribution in [2.75, 3.05) is 6.61 Å². The molecule has 1 unspecified atom stereocenters. The first-order valence-corrected chi connectivity index (χ1v) is 19.2. The van der Waals surface area contributed by atoms with Crippen LogP contribution in [-0.2, 0) is 4.74 Å². The SMILES string of the molecule is CCC[CH2][Sn]([CH2]CCC)([CH2]CCC)[c]1cncc2c1cnn2C1CCCCO1. The first kappa shape index (κ1) is 22.1. The van der Waals surface area contributed by atoms with Crippen LogP contribution in [0.2, 0.25) is 13.3 Å². The first-order valence-electron chi connectivity index (χ1n) is 11.7. The fraction of sp³-hybridized carbons (Fsp3) is 0.739. The quantitative estimate of drug-likeness (QED) is 0.352. The first-order chi connectivity index (χ1) is 13.8. The van der Waals surface area contributed by atoms with Crippen molar-refractivity contribution in [1.29, 1.82) is 0 Å². The summed E-state index contributed by atoms with van der Waals surface area (Å²) in [7, 11) is 0. The number of fused-ring (bicyclic) bond motifs is 1. The number of pyridine rings is 1. The van der Waals surface area contributed by atoms with Crippen molar-refractivity contribution < 1.29 is 4.74 Å². The van der Waals surface area contributed by atoms with Gasteiger partial charge >= 0.3 is 176 Å². The Balaban J connectivity index is 2.03. The maximum atomic E-state index is 6.04. The molecule has 0 saturated carbocycles. The predicted octanol–water partition coefficient (Wildman–Crippen LogP) is 6.19. The summed E-state index contributed by atoms with van der Waals surface area (Å²) in [6.07, 6.45) is 18.0. The van der Waals surface area contributed by atoms with Gasteiger partial charge < -0.3 is 0 Å². The molecule has 1 saturated heterocycles. The van der Waals surface area contributed by atoms with E-state index in [0.29, 0.717) is 0 Å². The maximum absolute atomic E-state index is 6.04. The average Bonchev–Trinajstić information content (AvgIpc) is 3.18. The molecule has 2 aromatic heterocycles. The molecule has 0 aliphatic carbocycles. The Bertz CT molecular complexity index is 702. The van der Waals surface area contributed by atoms with Crippen LogP contribution in [0, 0.1) is 0 Å². The number of hydrogen-bond donors (Lipinski definition) is 0. The van der Waals surface area contributed by atoms with Gasteiger partial charge in [0.05, 0.1) is 0 Å². The molecule has 3 heterocycles. The molecule has 2 aromatic rings. The van der Waals surface area contributed by atoms with E-state index in [4.69, 9.17) is 14.8 Å². The zero-order valence-electron chi connectivity index (χ0n) is 18.3. The molecule has 28 heavy (non-hydrogen) atoms. The fourth-order valence-electron chi connectivity index (χ4n) is 4.85. The van der Waals surface area contributed by atoms with Crippen molar-refractivity contribution >= 4 is 32.9 Å². The van der Waals surface area contributed by atoms with Crippen LogP contribution >= 0.6 is 0 Å². The number of hydrogen-bond acceptors (Lipinski definition) is 3. The molecule has 4 nitrogen and oxygen atoms in total. The van der Waals surface area contributed by atoms with Gasteiger partial charge in [-0.25, -0.2) is 0 Å². The Kier molecular flexibility index (Phi) is 8.64. The van der Waals surface area contributed by atoms with Gasteiger partial charge in [0.2, 0.25) is 0 Å². The summed E-state index contributed by atoms with van der Waals surface area (Å²) < 4.78 is 14.2. The zero-order chi connectivity index (χ0) is 19.8. The summed E-state index contributed by atoms with van der Waals surface area (Å²) in [5.74, 6) is 0. The van der Waals surface area contributed by atoms with Gasteiger partial charge in [0.25, 0.3) is 0 Å². The van der Waals surface area contributed by atoms with E-state index in [2.05, 4.69) is 37.8 Å². The number of ether oxygens (including phenoxy) is 1. The number of aromatic nitrogens is 3. The molecule has 5 heteroatoms. The summed E-state index contributed by atoms with van der Waals surface area (Å²) in [6.45, 7) is 7.88. The van der Waals surface area contributed by atoms with Crippen molar-refractivity contribution in [2.45, 2.75) is 98.1 Å². The van der Waals surface area contributed by atoms with Crippen LogP contribution in [0.1, 0.15) is 84.8 Å². The van der Waals surface area contributed by atoms with Gasteiger partial charge in [-0.15, -0.1) is 0 Å². The van der Waals surface area contributed by atoms with Crippen molar-refractivity contribution in [1.82, 2.24) is 14.8 Å². The number of rotatable bonds is 11. The van der Waals surface area contributed by atoms with Crippen molar-refractivity contribution in [3.05, 3.63) is 18.6 Å². The molecule has 1 fully saturated rings. The van der Waals surface area contributed by atoms with Crippen LogP contribution in [0.5, 0.6) is 0 Å². The summed E-state index contributed by atoms with van der Waals surface area (Å²) >= 11 is -2.53. The van der Waals surface area contributed by atoms with Crippen molar-refractivity contribution in [3.8, 4) is 0 Å². The van der Waals surface area contributed by atoms with Crippen LogP contribution in [0.25, 0.3) is 10.9 Å². The normalized spacial score (nSPS) is 18.0. The molecule has 156 valence electrons. The summed E-state index contributed by atoms with van der Waals surface area (Å²) in [5.41, 5.74) is 1.20. The zero-order valence-corrected chi connectivity index (χ0v) is 21.1. The molecular weight excluding hydrogens is 453 g/mol. The molecule has 1 aliphatic heterocycles. The summed E-state index contributed by atoms with van der Waals surface area (Å²) in [6, 6.07) is 0. The Hall–Kier alpha value is -0.621. The molecule has 0 N–H and O–H groups in total. The molecule has 0 radical (unpaired) electrons. The number of unbranched alkanes of at least 4 members (excludes halogenated alkanes) is 3. The fourth-order valence-corrected chi connectivity index (χ4v) is 21.3. The second kappa shape index (κ2) is 11.0. The van der Waals surface area contributed by atoms with Crippen LogP contribution in [0.3, 0.4) is 0 Å². The molecule has 1 atom stereocenters. The van der Waals surface area contributed by atoms with E-state index in [1.807, 2.05) is 6.20 Å². The molecule has 0 aromatic carbocycles. The molecule has 0 amide bonds. The van der Waals surface area contributed by atoms with E-state index in [1.165, 1.54) is 75.6 Å². The van der Waals surface area contributed by atoms with Gasteiger partial charge in [-0.3, -0.25) is 0 Å². The number of nitrogens with zero attached hydrogens (tertiary/aromatic N) is 3. The van der Waals surface area contributed by atoms with E-state index < -0.39 is 18.4 Å². The third kappa shape index (κ3) is 4.92. The molecule has 0 bridgehead atoms. The Morgan fingerprint density at radius 1 is 0.964 bits per heavy atom. The van der Waals surface area contributed by atoms with Gasteiger partial charge in [0, 0.05) is 0 Å². The molecule has 1 aliphatic rings. The van der Waals surface area contributed by atoms with Gasteiger partial charge in [-0.05, 0) is 0 Å². The van der Waals surface area contributed by atoms with Crippen LogP contribution < -0.4 is 3.58 Å². The molecular formula is C23H39N3OSn. The van der Waals surface area contributed by atoms with Gasteiger partial charge in [0.15, 0.2) is 0 Å². The van der Waals surface area contributed by atoms with Crippen LogP contribution in [0.4, 0.5) is 0 Å². The van der Waals surface area contributed by atoms with E-state index in [1.54, 1.807) is 3.58 Å². The van der Waals surface area contributed by atoms with Crippen molar-refractivity contribution in [3.63, 3.8) is 0 Å². The molecule has 0 spiro atoms. The second-order valence-corrected chi connectivity index (χ2v) is 21.7. The average molecular weight is 492 g/mol. The monoisotopic (exact) mass is 493 g/mol. The van der Waals surface area contributed by atoms with Gasteiger partial charge in [-0.2, -0.15) is 0 Å².